The van der Waals surface area contributed by atoms with Crippen LogP contribution in [0, 0.1) is 11.6 Å². The van der Waals surface area contributed by atoms with Gasteiger partial charge < -0.3 is 9.84 Å². The van der Waals surface area contributed by atoms with E-state index in [1.165, 1.54) is 6.07 Å². The summed E-state index contributed by atoms with van der Waals surface area (Å²) in [6.45, 7) is 0.464. The van der Waals surface area contributed by atoms with Gasteiger partial charge in [0.15, 0.2) is 11.6 Å². The lowest BCUT2D eigenvalue weighted by Gasteiger charge is -2.12. The molecule has 20 heavy (non-hydrogen) atoms. The maximum absolute atomic E-state index is 13.1. The number of hydrogen-bond donors (Lipinski definition) is 1. The quantitative estimate of drug-likeness (QED) is 0.908. The Labute approximate surface area is 116 Å². The van der Waals surface area contributed by atoms with Crippen molar-refractivity contribution in [1.29, 1.82) is 0 Å². The van der Waals surface area contributed by atoms with Crippen LogP contribution < -0.4 is 0 Å². The maximum atomic E-state index is 13.1. The van der Waals surface area contributed by atoms with Gasteiger partial charge in [-0.2, -0.15) is 0 Å². The average molecular weight is 278 g/mol. The van der Waals surface area contributed by atoms with Gasteiger partial charge in [-0.05, 0) is 28.8 Å². The third kappa shape index (κ3) is 3.62. The average Bonchev–Trinajstić information content (AvgIpc) is 2.43. The standard InChI is InChI=1S/C16H16F2O2/c1-20-10-12-3-2-4-13(7-12)16(19)9-11-5-6-14(17)15(18)8-11/h2-8,16,19H,9-10H2,1H3. The molecule has 1 unspecified atom stereocenters. The molecule has 0 radical (unpaired) electrons. The highest BCUT2D eigenvalue weighted by Crippen LogP contribution is 2.20. The zero-order valence-corrected chi connectivity index (χ0v) is 11.1. The monoisotopic (exact) mass is 278 g/mol. The second-order valence-corrected chi connectivity index (χ2v) is 4.65. The summed E-state index contributed by atoms with van der Waals surface area (Å²) >= 11 is 0. The highest BCUT2D eigenvalue weighted by molar-refractivity contribution is 5.27. The second kappa shape index (κ2) is 6.59. The molecule has 1 N–H and O–H groups in total. The number of benzene rings is 2. The SMILES string of the molecule is COCc1cccc(C(O)Cc2ccc(F)c(F)c2)c1. The smallest absolute Gasteiger partial charge is 0.159 e. The Balaban J connectivity index is 2.12. The predicted octanol–water partition coefficient (Wildman–Crippen LogP) is 3.39. The Hall–Kier alpha value is -1.78. The largest absolute Gasteiger partial charge is 0.388 e. The molecular formula is C16H16F2O2. The second-order valence-electron chi connectivity index (χ2n) is 4.65. The number of ether oxygens (including phenoxy) is 1. The van der Waals surface area contributed by atoms with Crippen LogP contribution >= 0.6 is 0 Å². The van der Waals surface area contributed by atoms with Crippen molar-refractivity contribution in [3.63, 3.8) is 0 Å². The minimum absolute atomic E-state index is 0.230. The fourth-order valence-corrected chi connectivity index (χ4v) is 2.06. The third-order valence-electron chi connectivity index (χ3n) is 3.06. The van der Waals surface area contributed by atoms with E-state index < -0.39 is 17.7 Å². The summed E-state index contributed by atoms with van der Waals surface area (Å²) in [7, 11) is 1.60. The van der Waals surface area contributed by atoms with E-state index >= 15 is 0 Å². The van der Waals surface area contributed by atoms with Crippen molar-refractivity contribution in [3.8, 4) is 0 Å². The molecule has 0 heterocycles. The lowest BCUT2D eigenvalue weighted by molar-refractivity contribution is 0.175. The molecule has 2 nitrogen and oxygen atoms in total. The Bertz CT molecular complexity index is 584. The van der Waals surface area contributed by atoms with E-state index in [1.54, 1.807) is 13.2 Å². The molecule has 0 aliphatic rings. The molecule has 2 rings (SSSR count). The molecule has 0 saturated heterocycles. The van der Waals surface area contributed by atoms with Crippen molar-refractivity contribution in [2.24, 2.45) is 0 Å². The fourth-order valence-electron chi connectivity index (χ4n) is 2.06. The van der Waals surface area contributed by atoms with Crippen molar-refractivity contribution in [3.05, 3.63) is 70.8 Å². The zero-order chi connectivity index (χ0) is 14.5. The van der Waals surface area contributed by atoms with Crippen molar-refractivity contribution >= 4 is 0 Å². The van der Waals surface area contributed by atoms with Crippen molar-refractivity contribution in [2.45, 2.75) is 19.1 Å². The Morgan fingerprint density at radius 2 is 1.85 bits per heavy atom. The minimum atomic E-state index is -0.900. The molecule has 2 aromatic carbocycles. The van der Waals surface area contributed by atoms with Gasteiger partial charge in [-0.1, -0.05) is 30.3 Å². The van der Waals surface area contributed by atoms with Crippen LogP contribution in [0.5, 0.6) is 0 Å². The van der Waals surface area contributed by atoms with Crippen LogP contribution in [-0.2, 0) is 17.8 Å². The molecule has 0 aromatic heterocycles. The molecule has 0 aliphatic heterocycles. The number of hydrogen-bond acceptors (Lipinski definition) is 2. The summed E-state index contributed by atoms with van der Waals surface area (Å²) in [5.41, 5.74) is 2.23. The first-order valence-electron chi connectivity index (χ1n) is 6.30. The van der Waals surface area contributed by atoms with Crippen LogP contribution in [0.1, 0.15) is 22.8 Å². The molecule has 0 fully saturated rings. The van der Waals surface area contributed by atoms with Gasteiger partial charge >= 0.3 is 0 Å². The maximum Gasteiger partial charge on any atom is 0.159 e. The van der Waals surface area contributed by atoms with E-state index in [0.717, 1.165) is 23.3 Å². The number of methoxy groups -OCH3 is 1. The van der Waals surface area contributed by atoms with E-state index in [2.05, 4.69) is 0 Å². The van der Waals surface area contributed by atoms with Gasteiger partial charge in [0.2, 0.25) is 0 Å². The zero-order valence-electron chi connectivity index (χ0n) is 11.1. The van der Waals surface area contributed by atoms with Gasteiger partial charge in [-0.25, -0.2) is 8.78 Å². The molecule has 0 saturated carbocycles. The molecule has 0 aliphatic carbocycles. The van der Waals surface area contributed by atoms with E-state index in [1.807, 2.05) is 18.2 Å². The van der Waals surface area contributed by atoms with E-state index in [4.69, 9.17) is 4.74 Å². The van der Waals surface area contributed by atoms with Crippen LogP contribution in [0.3, 0.4) is 0 Å². The topological polar surface area (TPSA) is 29.5 Å². The lowest BCUT2D eigenvalue weighted by atomic mass is 10.00. The van der Waals surface area contributed by atoms with Crippen LogP contribution in [0.15, 0.2) is 42.5 Å². The normalized spacial score (nSPS) is 12.4. The van der Waals surface area contributed by atoms with Gasteiger partial charge in [0.25, 0.3) is 0 Å². The first kappa shape index (κ1) is 14.6. The van der Waals surface area contributed by atoms with Crippen molar-refractivity contribution < 1.29 is 18.6 Å². The predicted molar refractivity (Wildman–Crippen MR) is 72.2 cm³/mol. The van der Waals surface area contributed by atoms with Gasteiger partial charge in [-0.15, -0.1) is 0 Å². The number of aliphatic hydroxyl groups is 1. The van der Waals surface area contributed by atoms with E-state index in [-0.39, 0.29) is 6.42 Å². The Morgan fingerprint density at radius 3 is 2.55 bits per heavy atom. The molecule has 0 bridgehead atoms. The van der Waals surface area contributed by atoms with Gasteiger partial charge in [0.1, 0.15) is 0 Å². The van der Waals surface area contributed by atoms with E-state index in [0.29, 0.717) is 12.2 Å². The van der Waals surface area contributed by atoms with Crippen molar-refractivity contribution in [1.82, 2.24) is 0 Å². The Morgan fingerprint density at radius 1 is 1.05 bits per heavy atom. The summed E-state index contributed by atoms with van der Waals surface area (Å²) in [4.78, 5) is 0. The summed E-state index contributed by atoms with van der Waals surface area (Å²) in [5.74, 6) is -1.78. The van der Waals surface area contributed by atoms with E-state index in [9.17, 15) is 13.9 Å². The van der Waals surface area contributed by atoms with Crippen LogP contribution in [-0.4, -0.2) is 12.2 Å². The van der Waals surface area contributed by atoms with Crippen LogP contribution in [0.2, 0.25) is 0 Å². The molecule has 0 amide bonds. The lowest BCUT2D eigenvalue weighted by Crippen LogP contribution is -2.03. The third-order valence-corrected chi connectivity index (χ3v) is 3.06. The highest BCUT2D eigenvalue weighted by atomic mass is 19.2. The molecule has 0 spiro atoms. The molecule has 2 aromatic rings. The summed E-state index contributed by atoms with van der Waals surface area (Å²) in [6.07, 6.45) is -0.537. The van der Waals surface area contributed by atoms with Crippen LogP contribution in [0.4, 0.5) is 8.78 Å². The van der Waals surface area contributed by atoms with Gasteiger partial charge in [-0.3, -0.25) is 0 Å². The fraction of sp³-hybridized carbons (Fsp3) is 0.250. The highest BCUT2D eigenvalue weighted by Gasteiger charge is 2.11. The number of rotatable bonds is 5. The molecule has 4 heteroatoms. The van der Waals surface area contributed by atoms with Crippen molar-refractivity contribution in [2.75, 3.05) is 7.11 Å². The number of halogens is 2. The molecular weight excluding hydrogens is 262 g/mol. The first-order chi connectivity index (χ1) is 9.60. The molecule has 106 valence electrons. The molecule has 1 atom stereocenters. The van der Waals surface area contributed by atoms with Crippen LogP contribution in [0.25, 0.3) is 0 Å². The van der Waals surface area contributed by atoms with Gasteiger partial charge in [0.05, 0.1) is 12.7 Å². The first-order valence-corrected chi connectivity index (χ1v) is 6.30. The summed E-state index contributed by atoms with van der Waals surface area (Å²) in [5, 5.41) is 10.2. The summed E-state index contributed by atoms with van der Waals surface area (Å²) < 4.78 is 31.0. The number of aliphatic hydroxyl groups excluding tert-OH is 1. The minimum Gasteiger partial charge on any atom is -0.388 e. The van der Waals surface area contributed by atoms with Gasteiger partial charge in [0, 0.05) is 13.5 Å². The Kier molecular flexibility index (Phi) is 4.82. The summed E-state index contributed by atoms with van der Waals surface area (Å²) in [6, 6.07) is 11.0.